The lowest BCUT2D eigenvalue weighted by atomic mass is 10.2. The van der Waals surface area contributed by atoms with Gasteiger partial charge >= 0.3 is 0 Å². The van der Waals surface area contributed by atoms with Crippen LogP contribution in [0.15, 0.2) is 53.4 Å². The van der Waals surface area contributed by atoms with Crippen LogP contribution in [0, 0.1) is 6.92 Å². The molecule has 0 bridgehead atoms. The zero-order chi connectivity index (χ0) is 21.7. The molecule has 0 N–H and O–H groups in total. The zero-order valence-electron chi connectivity index (χ0n) is 17.7. The molecule has 1 aliphatic rings. The number of hydrogen-bond acceptors (Lipinski definition) is 5. The van der Waals surface area contributed by atoms with Gasteiger partial charge in [0, 0.05) is 38.4 Å². The van der Waals surface area contributed by atoms with Gasteiger partial charge in [-0.2, -0.15) is 4.31 Å². The number of amides is 1. The van der Waals surface area contributed by atoms with Gasteiger partial charge in [-0.15, -0.1) is 0 Å². The number of nitrogens with zero attached hydrogens (tertiary/aromatic N) is 3. The van der Waals surface area contributed by atoms with Crippen molar-refractivity contribution in [1.29, 1.82) is 0 Å². The molecule has 1 amide bonds. The van der Waals surface area contributed by atoms with Crippen LogP contribution in [-0.2, 0) is 14.8 Å². The van der Waals surface area contributed by atoms with Crippen molar-refractivity contribution in [1.82, 2.24) is 9.21 Å². The first-order valence-corrected chi connectivity index (χ1v) is 11.5. The average Bonchev–Trinajstić information content (AvgIpc) is 2.77. The molecule has 0 aliphatic carbocycles. The average molecular weight is 432 g/mol. The van der Waals surface area contributed by atoms with Crippen molar-refractivity contribution in [3.8, 4) is 5.75 Å². The maximum Gasteiger partial charge on any atom is 0.247 e. The van der Waals surface area contributed by atoms with Crippen LogP contribution in [0.3, 0.4) is 0 Å². The molecule has 1 heterocycles. The van der Waals surface area contributed by atoms with Crippen molar-refractivity contribution in [2.24, 2.45) is 0 Å². The number of para-hydroxylation sites is 1. The SMILES string of the molecule is CCN(CC(=O)N1CCN(c2ccccc2)CC1)S(=O)(=O)c1cc(C)ccc1OC. The fraction of sp³-hybridized carbons (Fsp3) is 0.409. The normalized spacial score (nSPS) is 14.8. The van der Waals surface area contributed by atoms with E-state index in [9.17, 15) is 13.2 Å². The summed E-state index contributed by atoms with van der Waals surface area (Å²) in [7, 11) is -2.41. The van der Waals surface area contributed by atoms with Gasteiger partial charge in [-0.3, -0.25) is 4.79 Å². The van der Waals surface area contributed by atoms with E-state index in [1.54, 1.807) is 30.0 Å². The number of anilines is 1. The van der Waals surface area contributed by atoms with E-state index in [-0.39, 0.29) is 29.6 Å². The highest BCUT2D eigenvalue weighted by Crippen LogP contribution is 2.28. The Morgan fingerprint density at radius 1 is 1.07 bits per heavy atom. The standard InChI is InChI=1S/C22H29N3O4S/c1-4-25(30(27,28)21-16-18(2)10-11-20(21)29-3)17-22(26)24-14-12-23(13-15-24)19-8-6-5-7-9-19/h5-11,16H,4,12-15,17H2,1-3H3. The van der Waals surface area contributed by atoms with Crippen molar-refractivity contribution in [2.75, 3.05) is 51.3 Å². The molecular weight excluding hydrogens is 402 g/mol. The summed E-state index contributed by atoms with van der Waals surface area (Å²) in [6.45, 7) is 6.17. The van der Waals surface area contributed by atoms with Crippen molar-refractivity contribution < 1.29 is 17.9 Å². The van der Waals surface area contributed by atoms with E-state index in [0.29, 0.717) is 13.1 Å². The number of ether oxygens (including phenoxy) is 1. The number of rotatable bonds is 7. The fourth-order valence-corrected chi connectivity index (χ4v) is 5.23. The molecule has 1 fully saturated rings. The van der Waals surface area contributed by atoms with E-state index in [4.69, 9.17) is 4.74 Å². The Bertz CT molecular complexity index is 971. The van der Waals surface area contributed by atoms with E-state index in [1.165, 1.54) is 11.4 Å². The minimum atomic E-state index is -3.85. The summed E-state index contributed by atoms with van der Waals surface area (Å²) < 4.78 is 32.9. The van der Waals surface area contributed by atoms with Crippen LogP contribution in [-0.4, -0.2) is 69.9 Å². The van der Waals surface area contributed by atoms with Crippen molar-refractivity contribution in [3.63, 3.8) is 0 Å². The lowest BCUT2D eigenvalue weighted by Gasteiger charge is -2.36. The summed E-state index contributed by atoms with van der Waals surface area (Å²) in [6, 6.07) is 15.1. The van der Waals surface area contributed by atoms with Gasteiger partial charge in [-0.05, 0) is 36.8 Å². The minimum absolute atomic E-state index is 0.0912. The third-order valence-electron chi connectivity index (χ3n) is 5.35. The van der Waals surface area contributed by atoms with Gasteiger partial charge in [0.15, 0.2) is 0 Å². The number of piperazine rings is 1. The third-order valence-corrected chi connectivity index (χ3v) is 7.30. The van der Waals surface area contributed by atoms with E-state index >= 15 is 0 Å². The second-order valence-electron chi connectivity index (χ2n) is 7.29. The molecule has 162 valence electrons. The Hall–Kier alpha value is -2.58. The predicted molar refractivity (Wildman–Crippen MR) is 117 cm³/mol. The van der Waals surface area contributed by atoms with Gasteiger partial charge in [0.1, 0.15) is 10.6 Å². The molecule has 0 radical (unpaired) electrons. The van der Waals surface area contributed by atoms with E-state index in [2.05, 4.69) is 17.0 Å². The Morgan fingerprint density at radius 3 is 2.33 bits per heavy atom. The molecule has 1 aliphatic heterocycles. The number of benzene rings is 2. The highest BCUT2D eigenvalue weighted by atomic mass is 32.2. The molecule has 0 saturated carbocycles. The largest absolute Gasteiger partial charge is 0.495 e. The number of likely N-dealkylation sites (N-methyl/N-ethyl adjacent to an activating group) is 1. The fourth-order valence-electron chi connectivity index (χ4n) is 3.60. The second kappa shape index (κ2) is 9.49. The van der Waals surface area contributed by atoms with Crippen molar-refractivity contribution in [2.45, 2.75) is 18.7 Å². The maximum atomic E-state index is 13.2. The van der Waals surface area contributed by atoms with Crippen molar-refractivity contribution >= 4 is 21.6 Å². The van der Waals surface area contributed by atoms with Gasteiger partial charge in [0.2, 0.25) is 15.9 Å². The summed E-state index contributed by atoms with van der Waals surface area (Å²) in [5.41, 5.74) is 1.95. The monoisotopic (exact) mass is 431 g/mol. The molecule has 30 heavy (non-hydrogen) atoms. The molecule has 7 nitrogen and oxygen atoms in total. The molecule has 1 saturated heterocycles. The summed E-state index contributed by atoms with van der Waals surface area (Å²) in [4.78, 5) is 16.9. The topological polar surface area (TPSA) is 70.2 Å². The van der Waals surface area contributed by atoms with E-state index in [1.807, 2.05) is 25.1 Å². The van der Waals surface area contributed by atoms with Crippen LogP contribution >= 0.6 is 0 Å². The summed E-state index contributed by atoms with van der Waals surface area (Å²) in [5.74, 6) is 0.0998. The van der Waals surface area contributed by atoms with Crippen LogP contribution in [0.25, 0.3) is 0 Å². The molecule has 2 aromatic carbocycles. The summed E-state index contributed by atoms with van der Waals surface area (Å²) in [6.07, 6.45) is 0. The van der Waals surface area contributed by atoms with Gasteiger partial charge in [0.25, 0.3) is 0 Å². The molecule has 3 rings (SSSR count). The van der Waals surface area contributed by atoms with E-state index < -0.39 is 10.0 Å². The predicted octanol–water partition coefficient (Wildman–Crippen LogP) is 2.36. The first-order valence-electron chi connectivity index (χ1n) is 10.1. The van der Waals surface area contributed by atoms with Crippen LogP contribution in [0.5, 0.6) is 5.75 Å². The first-order chi connectivity index (χ1) is 14.4. The highest BCUT2D eigenvalue weighted by molar-refractivity contribution is 7.89. The van der Waals surface area contributed by atoms with Crippen molar-refractivity contribution in [3.05, 3.63) is 54.1 Å². The molecule has 8 heteroatoms. The lowest BCUT2D eigenvalue weighted by molar-refractivity contribution is -0.131. The Morgan fingerprint density at radius 2 is 1.73 bits per heavy atom. The Balaban J connectivity index is 1.69. The van der Waals surface area contributed by atoms with Crippen LogP contribution in [0.4, 0.5) is 5.69 Å². The molecule has 0 unspecified atom stereocenters. The van der Waals surface area contributed by atoms with Gasteiger partial charge in [-0.1, -0.05) is 31.2 Å². The van der Waals surface area contributed by atoms with Crippen LogP contribution < -0.4 is 9.64 Å². The molecule has 0 aromatic heterocycles. The quantitative estimate of drug-likeness (QED) is 0.673. The smallest absolute Gasteiger partial charge is 0.247 e. The number of sulfonamides is 1. The molecule has 0 atom stereocenters. The van der Waals surface area contributed by atoms with Gasteiger partial charge in [0.05, 0.1) is 13.7 Å². The highest BCUT2D eigenvalue weighted by Gasteiger charge is 2.31. The molecule has 0 spiro atoms. The van der Waals surface area contributed by atoms with Crippen LogP contribution in [0.1, 0.15) is 12.5 Å². The maximum absolute atomic E-state index is 13.2. The van der Waals surface area contributed by atoms with Gasteiger partial charge in [-0.25, -0.2) is 8.42 Å². The van der Waals surface area contributed by atoms with E-state index in [0.717, 1.165) is 24.3 Å². The number of carbonyl (C=O) groups is 1. The van der Waals surface area contributed by atoms with Crippen LogP contribution in [0.2, 0.25) is 0 Å². The number of aryl methyl sites for hydroxylation is 1. The summed E-state index contributed by atoms with van der Waals surface area (Å²) >= 11 is 0. The second-order valence-corrected chi connectivity index (χ2v) is 9.20. The Kier molecular flexibility index (Phi) is 6.99. The lowest BCUT2D eigenvalue weighted by Crippen LogP contribution is -2.51. The first kappa shape index (κ1) is 22.1. The zero-order valence-corrected chi connectivity index (χ0v) is 18.6. The molecule has 2 aromatic rings. The van der Waals surface area contributed by atoms with Gasteiger partial charge < -0.3 is 14.5 Å². The summed E-state index contributed by atoms with van der Waals surface area (Å²) in [5, 5.41) is 0. The number of carbonyl (C=O) groups excluding carboxylic acids is 1. The number of methoxy groups -OCH3 is 1. The molecular formula is C22H29N3O4S. The number of hydrogen-bond donors (Lipinski definition) is 0. The minimum Gasteiger partial charge on any atom is -0.495 e. The Labute approximate surface area is 178 Å². The third kappa shape index (κ3) is 4.76.